The van der Waals surface area contributed by atoms with Crippen LogP contribution in [0.5, 0.6) is 0 Å². The molecule has 9 heteroatoms. The number of hydrogen-bond donors (Lipinski definition) is 1. The van der Waals surface area contributed by atoms with E-state index in [1.54, 1.807) is 18.2 Å². The van der Waals surface area contributed by atoms with Crippen LogP contribution >= 0.6 is 0 Å². The number of benzene rings is 4. The fraction of sp³-hybridized carbons (Fsp3) is 0.257. The molecule has 2 atom stereocenters. The molecule has 0 aromatic heterocycles. The fourth-order valence-electron chi connectivity index (χ4n) is 4.82. The van der Waals surface area contributed by atoms with Crippen molar-refractivity contribution in [3.05, 3.63) is 132 Å². The Kier molecular flexibility index (Phi) is 10.9. The van der Waals surface area contributed by atoms with Gasteiger partial charge in [0.25, 0.3) is 10.0 Å². The number of sulfonamides is 1. The molecule has 44 heavy (non-hydrogen) atoms. The lowest BCUT2D eigenvalue weighted by molar-refractivity contribution is -0.140. The van der Waals surface area contributed by atoms with E-state index < -0.39 is 34.3 Å². The summed E-state index contributed by atoms with van der Waals surface area (Å²) >= 11 is 0. The first-order valence-corrected chi connectivity index (χ1v) is 16.1. The monoisotopic (exact) mass is 615 g/mol. The number of hydrogen-bond acceptors (Lipinski definition) is 4. The molecule has 0 bridgehead atoms. The van der Waals surface area contributed by atoms with Crippen LogP contribution in [0.4, 0.5) is 10.1 Å². The van der Waals surface area contributed by atoms with Gasteiger partial charge in [0.1, 0.15) is 18.4 Å². The summed E-state index contributed by atoms with van der Waals surface area (Å²) in [4.78, 5) is 29.8. The van der Waals surface area contributed by atoms with E-state index in [9.17, 15) is 22.4 Å². The zero-order valence-corrected chi connectivity index (χ0v) is 26.0. The second kappa shape index (κ2) is 14.8. The SMILES string of the molecule is CC[C@H](C)NC(=O)[C@@H](Cc1ccccc1)N(Cc1ccccc1C)C(=O)CN(c1ccc(F)cc1)S(=O)(=O)c1ccccc1. The highest BCUT2D eigenvalue weighted by Crippen LogP contribution is 2.25. The summed E-state index contributed by atoms with van der Waals surface area (Å²) in [5.74, 6) is -1.44. The molecule has 7 nitrogen and oxygen atoms in total. The molecule has 2 amide bonds. The molecular weight excluding hydrogens is 577 g/mol. The average Bonchev–Trinajstić information content (AvgIpc) is 3.03. The first kappa shape index (κ1) is 32.4. The van der Waals surface area contributed by atoms with Gasteiger partial charge in [-0.3, -0.25) is 13.9 Å². The summed E-state index contributed by atoms with van der Waals surface area (Å²) in [5, 5.41) is 3.03. The molecule has 0 saturated carbocycles. The van der Waals surface area contributed by atoms with Gasteiger partial charge in [0.15, 0.2) is 0 Å². The largest absolute Gasteiger partial charge is 0.352 e. The minimum absolute atomic E-state index is 0.0158. The van der Waals surface area contributed by atoms with Gasteiger partial charge in [-0.2, -0.15) is 0 Å². The molecule has 0 fully saturated rings. The van der Waals surface area contributed by atoms with Crippen LogP contribution in [-0.2, 0) is 32.6 Å². The van der Waals surface area contributed by atoms with Gasteiger partial charge in [0, 0.05) is 19.0 Å². The number of carbonyl (C=O) groups is 2. The molecule has 4 aromatic carbocycles. The highest BCUT2D eigenvalue weighted by atomic mass is 32.2. The molecule has 0 aliphatic rings. The van der Waals surface area contributed by atoms with Gasteiger partial charge in [-0.25, -0.2) is 12.8 Å². The maximum absolute atomic E-state index is 14.4. The predicted octanol–water partition coefficient (Wildman–Crippen LogP) is 5.88. The standard InChI is InChI=1S/C35H38FN3O4S/c1-4-27(3)37-35(41)33(23-28-14-7-5-8-15-28)38(24-29-16-12-11-13-26(29)2)34(40)25-39(31-21-19-30(36)20-22-31)44(42,43)32-17-9-6-10-18-32/h5-22,27,33H,4,23-25H2,1-3H3,(H,37,41)/t27-,33+/m0/s1. The Morgan fingerprint density at radius 1 is 0.841 bits per heavy atom. The van der Waals surface area contributed by atoms with E-state index in [-0.39, 0.29) is 35.5 Å². The summed E-state index contributed by atoms with van der Waals surface area (Å²) in [6, 6.07) is 28.6. The molecule has 0 radical (unpaired) electrons. The maximum Gasteiger partial charge on any atom is 0.264 e. The van der Waals surface area contributed by atoms with Crippen molar-refractivity contribution < 1.29 is 22.4 Å². The second-order valence-corrected chi connectivity index (χ2v) is 12.6. The molecule has 0 aliphatic carbocycles. The number of aryl methyl sites for hydroxylation is 1. The Hall–Kier alpha value is -4.50. The van der Waals surface area contributed by atoms with Gasteiger partial charge in [0.2, 0.25) is 11.8 Å². The molecule has 4 rings (SSSR count). The zero-order chi connectivity index (χ0) is 31.7. The summed E-state index contributed by atoms with van der Waals surface area (Å²) in [6.45, 7) is 5.26. The van der Waals surface area contributed by atoms with E-state index >= 15 is 0 Å². The lowest BCUT2D eigenvalue weighted by Crippen LogP contribution is -2.54. The van der Waals surface area contributed by atoms with Crippen molar-refractivity contribution in [3.8, 4) is 0 Å². The number of amides is 2. The van der Waals surface area contributed by atoms with Crippen LogP contribution in [0.1, 0.15) is 37.0 Å². The van der Waals surface area contributed by atoms with E-state index in [0.29, 0.717) is 6.42 Å². The Morgan fingerprint density at radius 3 is 2.05 bits per heavy atom. The molecule has 0 spiro atoms. The predicted molar refractivity (Wildman–Crippen MR) is 171 cm³/mol. The number of nitrogens with zero attached hydrogens (tertiary/aromatic N) is 2. The summed E-state index contributed by atoms with van der Waals surface area (Å²) in [7, 11) is -4.24. The van der Waals surface area contributed by atoms with Crippen LogP contribution in [0, 0.1) is 12.7 Å². The van der Waals surface area contributed by atoms with Gasteiger partial charge in [0.05, 0.1) is 10.6 Å². The fourth-order valence-corrected chi connectivity index (χ4v) is 6.26. The Balaban J connectivity index is 1.80. The van der Waals surface area contributed by atoms with Gasteiger partial charge < -0.3 is 10.2 Å². The number of anilines is 1. The molecule has 0 saturated heterocycles. The zero-order valence-electron chi connectivity index (χ0n) is 25.2. The first-order valence-electron chi connectivity index (χ1n) is 14.6. The van der Waals surface area contributed by atoms with E-state index in [2.05, 4.69) is 5.32 Å². The minimum Gasteiger partial charge on any atom is -0.352 e. The highest BCUT2D eigenvalue weighted by Gasteiger charge is 2.35. The Bertz CT molecular complexity index is 1650. The Labute approximate surface area is 259 Å². The lowest BCUT2D eigenvalue weighted by Gasteiger charge is -2.34. The van der Waals surface area contributed by atoms with Gasteiger partial charge in [-0.15, -0.1) is 0 Å². The molecular formula is C35H38FN3O4S. The number of rotatable bonds is 13. The summed E-state index contributed by atoms with van der Waals surface area (Å²) in [6.07, 6.45) is 0.923. The van der Waals surface area contributed by atoms with Gasteiger partial charge in [-0.1, -0.05) is 79.7 Å². The molecule has 230 valence electrons. The number of carbonyl (C=O) groups excluding carboxylic acids is 2. The maximum atomic E-state index is 14.4. The van der Waals surface area contributed by atoms with E-state index in [1.807, 2.05) is 75.4 Å². The summed E-state index contributed by atoms with van der Waals surface area (Å²) < 4.78 is 42.8. The third-order valence-electron chi connectivity index (χ3n) is 7.60. The molecule has 0 aliphatic heterocycles. The van der Waals surface area contributed by atoms with Crippen molar-refractivity contribution >= 4 is 27.5 Å². The third kappa shape index (κ3) is 8.11. The smallest absolute Gasteiger partial charge is 0.264 e. The van der Waals surface area contributed by atoms with Crippen LogP contribution in [0.15, 0.2) is 114 Å². The quantitative estimate of drug-likeness (QED) is 0.203. The van der Waals surface area contributed by atoms with Crippen molar-refractivity contribution in [2.24, 2.45) is 0 Å². The van der Waals surface area contributed by atoms with Crippen LogP contribution in [0.3, 0.4) is 0 Å². The van der Waals surface area contributed by atoms with E-state index in [4.69, 9.17) is 0 Å². The van der Waals surface area contributed by atoms with Crippen molar-refractivity contribution in [2.45, 2.75) is 57.1 Å². The topological polar surface area (TPSA) is 86.8 Å². The molecule has 0 unspecified atom stereocenters. The number of halogens is 1. The van der Waals surface area contributed by atoms with E-state index in [0.717, 1.165) is 33.1 Å². The molecule has 4 aromatic rings. The molecule has 0 heterocycles. The lowest BCUT2D eigenvalue weighted by atomic mass is 10.0. The molecule has 1 N–H and O–H groups in total. The van der Waals surface area contributed by atoms with Crippen LogP contribution in [0.25, 0.3) is 0 Å². The van der Waals surface area contributed by atoms with Crippen molar-refractivity contribution in [2.75, 3.05) is 10.8 Å². The minimum atomic E-state index is -4.24. The first-order chi connectivity index (χ1) is 21.1. The third-order valence-corrected chi connectivity index (χ3v) is 9.39. The van der Waals surface area contributed by atoms with Crippen LogP contribution < -0.4 is 9.62 Å². The van der Waals surface area contributed by atoms with Gasteiger partial charge >= 0.3 is 0 Å². The van der Waals surface area contributed by atoms with Crippen LogP contribution in [0.2, 0.25) is 0 Å². The highest BCUT2D eigenvalue weighted by molar-refractivity contribution is 7.92. The van der Waals surface area contributed by atoms with Crippen molar-refractivity contribution in [1.29, 1.82) is 0 Å². The average molecular weight is 616 g/mol. The number of nitrogens with one attached hydrogen (secondary N) is 1. The van der Waals surface area contributed by atoms with E-state index in [1.165, 1.54) is 29.2 Å². The second-order valence-electron chi connectivity index (χ2n) is 10.8. The van der Waals surface area contributed by atoms with Crippen molar-refractivity contribution in [1.82, 2.24) is 10.2 Å². The van der Waals surface area contributed by atoms with Crippen molar-refractivity contribution in [3.63, 3.8) is 0 Å². The van der Waals surface area contributed by atoms with Gasteiger partial charge in [-0.05, 0) is 73.4 Å². The normalized spacial score (nSPS) is 12.6. The Morgan fingerprint density at radius 2 is 1.43 bits per heavy atom. The van der Waals surface area contributed by atoms with Crippen LogP contribution in [-0.4, -0.2) is 43.8 Å². The summed E-state index contributed by atoms with van der Waals surface area (Å²) in [5.41, 5.74) is 2.74.